The van der Waals surface area contributed by atoms with Crippen LogP contribution in [0.1, 0.15) is 55.0 Å². The Labute approximate surface area is 196 Å². The molecular formula is C23H30FN5O5. The molecule has 10 nitrogen and oxygen atoms in total. The van der Waals surface area contributed by atoms with Crippen LogP contribution in [0.25, 0.3) is 0 Å². The van der Waals surface area contributed by atoms with Crippen molar-refractivity contribution in [3.8, 4) is 5.75 Å². The Kier molecular flexibility index (Phi) is 7.85. The first-order chi connectivity index (χ1) is 16.1. The van der Waals surface area contributed by atoms with Crippen LogP contribution in [0, 0.1) is 5.92 Å². The second-order valence-corrected chi connectivity index (χ2v) is 8.58. The van der Waals surface area contributed by atoms with Gasteiger partial charge in [-0.2, -0.15) is 0 Å². The summed E-state index contributed by atoms with van der Waals surface area (Å²) in [5.74, 6) is -3.27. The molecule has 0 bridgehead atoms. The van der Waals surface area contributed by atoms with Gasteiger partial charge in [0.1, 0.15) is 11.7 Å². The first-order valence-electron chi connectivity index (χ1n) is 11.3. The van der Waals surface area contributed by atoms with Crippen LogP contribution in [-0.2, 0) is 16.1 Å². The smallest absolute Gasteiger partial charge is 0.312 e. The fraction of sp³-hybridized carbons (Fsp3) is 0.522. The summed E-state index contributed by atoms with van der Waals surface area (Å²) >= 11 is 0. The zero-order valence-electron chi connectivity index (χ0n) is 19.6. The molecule has 2 atom stereocenters. The predicted molar refractivity (Wildman–Crippen MR) is 122 cm³/mol. The van der Waals surface area contributed by atoms with Gasteiger partial charge in [0.05, 0.1) is 6.04 Å². The zero-order chi connectivity index (χ0) is 25.0. The minimum Gasteiger partial charge on any atom is -0.501 e. The van der Waals surface area contributed by atoms with Gasteiger partial charge in [-0.25, -0.2) is 9.37 Å². The average Bonchev–Trinajstić information content (AvgIpc) is 3.03. The van der Waals surface area contributed by atoms with Gasteiger partial charge in [-0.05, 0) is 50.7 Å². The summed E-state index contributed by atoms with van der Waals surface area (Å²) in [5.41, 5.74) is -1.21. The van der Waals surface area contributed by atoms with Gasteiger partial charge in [-0.15, -0.1) is 0 Å². The van der Waals surface area contributed by atoms with Gasteiger partial charge in [0.15, 0.2) is 5.69 Å². The van der Waals surface area contributed by atoms with Crippen LogP contribution in [0.3, 0.4) is 0 Å². The Morgan fingerprint density at radius 2 is 2.00 bits per heavy atom. The van der Waals surface area contributed by atoms with E-state index in [9.17, 15) is 28.7 Å². The summed E-state index contributed by atoms with van der Waals surface area (Å²) in [4.78, 5) is 57.9. The lowest BCUT2D eigenvalue weighted by molar-refractivity contribution is -0.152. The van der Waals surface area contributed by atoms with E-state index in [1.165, 1.54) is 40.6 Å². The Morgan fingerprint density at radius 3 is 2.62 bits per heavy atom. The lowest BCUT2D eigenvalue weighted by Crippen LogP contribution is -2.45. The third kappa shape index (κ3) is 5.18. The van der Waals surface area contributed by atoms with E-state index in [1.54, 1.807) is 13.0 Å². The minimum atomic E-state index is -0.772. The quantitative estimate of drug-likeness (QED) is 0.618. The van der Waals surface area contributed by atoms with Crippen LogP contribution in [0.2, 0.25) is 0 Å². The van der Waals surface area contributed by atoms with Crippen LogP contribution < -0.4 is 10.9 Å². The summed E-state index contributed by atoms with van der Waals surface area (Å²) < 4.78 is 14.4. The standard InChI is InChI=1S/C23H30FN5O5/c1-4-28(23(34)22(33)27(2)3)16-7-5-6-12-29-19(16)26-17(18(30)21(29)32)20(31)25-13-14-8-10-15(24)11-9-14/h8,10-11,14,16,30H,4-7,9,12-13H2,1-3H3,(H,25,31)/t14?,16-/m1/s1. The molecule has 3 amide bonds. The average molecular weight is 476 g/mol. The zero-order valence-corrected chi connectivity index (χ0v) is 19.6. The van der Waals surface area contributed by atoms with Crippen molar-refractivity contribution in [2.45, 2.75) is 45.2 Å². The van der Waals surface area contributed by atoms with Crippen LogP contribution in [0.4, 0.5) is 4.39 Å². The molecular weight excluding hydrogens is 445 g/mol. The molecule has 0 aromatic carbocycles. The van der Waals surface area contributed by atoms with Crippen molar-refractivity contribution in [2.75, 3.05) is 27.2 Å². The van der Waals surface area contributed by atoms with Crippen LogP contribution >= 0.6 is 0 Å². The number of hydrogen-bond donors (Lipinski definition) is 2. The third-order valence-corrected chi connectivity index (χ3v) is 6.03. The van der Waals surface area contributed by atoms with Gasteiger partial charge < -0.3 is 20.2 Å². The van der Waals surface area contributed by atoms with Gasteiger partial charge in [-0.3, -0.25) is 23.7 Å². The number of likely N-dealkylation sites (N-methyl/N-ethyl adjacent to an activating group) is 2. The molecule has 1 aliphatic carbocycles. The van der Waals surface area contributed by atoms with E-state index in [1.807, 2.05) is 0 Å². The van der Waals surface area contributed by atoms with Crippen molar-refractivity contribution in [1.29, 1.82) is 0 Å². The number of rotatable bonds is 5. The number of hydrogen-bond acceptors (Lipinski definition) is 6. The third-order valence-electron chi connectivity index (χ3n) is 6.03. The summed E-state index contributed by atoms with van der Waals surface area (Å²) in [6.07, 6.45) is 6.50. The highest BCUT2D eigenvalue weighted by Crippen LogP contribution is 2.29. The molecule has 184 valence electrons. The fourth-order valence-electron chi connectivity index (χ4n) is 4.14. The molecule has 0 fully saturated rings. The van der Waals surface area contributed by atoms with E-state index in [-0.39, 0.29) is 37.2 Å². The molecule has 2 heterocycles. The lowest BCUT2D eigenvalue weighted by Gasteiger charge is -2.31. The number of aromatic hydroxyl groups is 1. The van der Waals surface area contributed by atoms with E-state index in [0.717, 1.165) is 0 Å². The summed E-state index contributed by atoms with van der Waals surface area (Å²) in [7, 11) is 2.95. The van der Waals surface area contributed by atoms with Gasteiger partial charge in [0, 0.05) is 33.7 Å². The molecule has 2 N–H and O–H groups in total. The molecule has 1 aromatic heterocycles. The van der Waals surface area contributed by atoms with Crippen LogP contribution in [0.15, 0.2) is 28.8 Å². The van der Waals surface area contributed by atoms with Gasteiger partial charge >= 0.3 is 11.8 Å². The van der Waals surface area contributed by atoms with E-state index >= 15 is 0 Å². The number of allylic oxidation sites excluding steroid dienone is 3. The number of carbonyl (C=O) groups excluding carboxylic acids is 3. The van der Waals surface area contributed by atoms with Crippen molar-refractivity contribution >= 4 is 17.7 Å². The second kappa shape index (κ2) is 10.6. The number of fused-ring (bicyclic) bond motifs is 1. The molecule has 0 spiro atoms. The topological polar surface area (TPSA) is 125 Å². The number of carbonyl (C=O) groups is 3. The van der Waals surface area contributed by atoms with Crippen LogP contribution in [-0.4, -0.2) is 69.4 Å². The number of amides is 3. The van der Waals surface area contributed by atoms with Crippen molar-refractivity contribution in [3.05, 3.63) is 45.9 Å². The van der Waals surface area contributed by atoms with Crippen LogP contribution in [0.5, 0.6) is 5.75 Å². The van der Waals surface area contributed by atoms with E-state index in [2.05, 4.69) is 10.3 Å². The SMILES string of the molecule is CCN(C(=O)C(=O)N(C)C)[C@@H]1CCCCn2c1nc(C(=O)NCC1C=CC(F)=CC1)c(O)c2=O. The Bertz CT molecular complexity index is 1090. The summed E-state index contributed by atoms with van der Waals surface area (Å²) in [6.45, 7) is 2.35. The molecule has 34 heavy (non-hydrogen) atoms. The molecule has 0 saturated heterocycles. The van der Waals surface area contributed by atoms with Crippen molar-refractivity contribution in [1.82, 2.24) is 24.7 Å². The van der Waals surface area contributed by atoms with Gasteiger partial charge in [0.25, 0.3) is 11.5 Å². The van der Waals surface area contributed by atoms with Crippen molar-refractivity contribution in [3.63, 3.8) is 0 Å². The number of aromatic nitrogens is 2. The fourth-order valence-corrected chi connectivity index (χ4v) is 4.14. The number of nitrogens with zero attached hydrogens (tertiary/aromatic N) is 4. The maximum absolute atomic E-state index is 13.1. The molecule has 1 aromatic rings. The van der Waals surface area contributed by atoms with E-state index in [4.69, 9.17) is 0 Å². The summed E-state index contributed by atoms with van der Waals surface area (Å²) in [5, 5.41) is 13.1. The highest BCUT2D eigenvalue weighted by atomic mass is 19.1. The minimum absolute atomic E-state index is 0.134. The highest BCUT2D eigenvalue weighted by Gasteiger charge is 2.35. The predicted octanol–water partition coefficient (Wildman–Crippen LogP) is 1.27. The molecule has 11 heteroatoms. The van der Waals surface area contributed by atoms with E-state index in [0.29, 0.717) is 25.7 Å². The molecule has 2 aliphatic rings. The normalized spacial score (nSPS) is 19.5. The van der Waals surface area contributed by atoms with Gasteiger partial charge in [-0.1, -0.05) is 6.08 Å². The monoisotopic (exact) mass is 475 g/mol. The summed E-state index contributed by atoms with van der Waals surface area (Å²) in [6, 6.07) is -0.710. The first kappa shape index (κ1) is 25.1. The Morgan fingerprint density at radius 1 is 1.26 bits per heavy atom. The number of halogens is 1. The Balaban J connectivity index is 1.94. The van der Waals surface area contributed by atoms with Crippen molar-refractivity contribution in [2.24, 2.45) is 5.92 Å². The molecule has 3 rings (SSSR count). The maximum Gasteiger partial charge on any atom is 0.312 e. The highest BCUT2D eigenvalue weighted by molar-refractivity contribution is 6.34. The van der Waals surface area contributed by atoms with Crippen molar-refractivity contribution < 1.29 is 23.9 Å². The largest absolute Gasteiger partial charge is 0.501 e. The molecule has 0 radical (unpaired) electrons. The Hall–Kier alpha value is -3.50. The van der Waals surface area contributed by atoms with Gasteiger partial charge in [0.2, 0.25) is 5.75 Å². The first-order valence-corrected chi connectivity index (χ1v) is 11.3. The molecule has 0 saturated carbocycles. The lowest BCUT2D eigenvalue weighted by atomic mass is 10.0. The number of nitrogens with one attached hydrogen (secondary N) is 1. The second-order valence-electron chi connectivity index (χ2n) is 8.58. The molecule has 1 aliphatic heterocycles. The molecule has 1 unspecified atom stereocenters. The van der Waals surface area contributed by atoms with E-state index < -0.39 is 40.8 Å². The maximum atomic E-state index is 13.1.